The van der Waals surface area contributed by atoms with Gasteiger partial charge in [0.1, 0.15) is 0 Å². The molecule has 0 amide bonds. The molecule has 0 aliphatic rings. The lowest BCUT2D eigenvalue weighted by atomic mass is 10.0. The first-order chi connectivity index (χ1) is 9.29. The summed E-state index contributed by atoms with van der Waals surface area (Å²) in [7, 11) is -3.27. The van der Waals surface area contributed by atoms with E-state index in [1.54, 1.807) is 18.2 Å². The molecule has 6 heteroatoms. The summed E-state index contributed by atoms with van der Waals surface area (Å²) >= 11 is 3.29. The second-order valence-electron chi connectivity index (χ2n) is 4.36. The fourth-order valence-corrected chi connectivity index (χ4v) is 2.73. The largest absolute Gasteiger partial charge is 0.398 e. The van der Waals surface area contributed by atoms with Gasteiger partial charge in [-0.25, -0.2) is 8.42 Å². The highest BCUT2D eigenvalue weighted by molar-refractivity contribution is 9.10. The molecule has 0 atom stereocenters. The molecule has 0 radical (unpaired) electrons. The molecular formula is C14H12BrNO3S. The lowest BCUT2D eigenvalue weighted by Crippen LogP contribution is -2.06. The zero-order valence-electron chi connectivity index (χ0n) is 10.6. The number of anilines is 1. The lowest BCUT2D eigenvalue weighted by molar-refractivity contribution is 0.103. The van der Waals surface area contributed by atoms with Crippen LogP contribution < -0.4 is 5.73 Å². The van der Waals surface area contributed by atoms with Crippen LogP contribution in [-0.4, -0.2) is 20.5 Å². The Balaban J connectivity index is 2.42. The zero-order chi connectivity index (χ0) is 14.9. The summed E-state index contributed by atoms with van der Waals surface area (Å²) in [6, 6.07) is 10.8. The van der Waals surface area contributed by atoms with Gasteiger partial charge < -0.3 is 5.73 Å². The minimum absolute atomic E-state index is 0.177. The molecule has 2 rings (SSSR count). The number of ketones is 1. The monoisotopic (exact) mass is 353 g/mol. The molecule has 0 heterocycles. The number of nitrogens with two attached hydrogens (primary N) is 1. The molecule has 0 saturated heterocycles. The normalized spacial score (nSPS) is 11.3. The van der Waals surface area contributed by atoms with Crippen molar-refractivity contribution in [3.8, 4) is 0 Å². The van der Waals surface area contributed by atoms with E-state index in [0.29, 0.717) is 16.8 Å². The number of benzene rings is 2. The maximum absolute atomic E-state index is 12.3. The first kappa shape index (κ1) is 14.7. The summed E-state index contributed by atoms with van der Waals surface area (Å²) in [6.07, 6.45) is 1.12. The highest BCUT2D eigenvalue weighted by Crippen LogP contribution is 2.22. The first-order valence-corrected chi connectivity index (χ1v) is 8.37. The van der Waals surface area contributed by atoms with Crippen molar-refractivity contribution in [3.63, 3.8) is 0 Å². The molecule has 2 N–H and O–H groups in total. The van der Waals surface area contributed by atoms with Gasteiger partial charge in [0, 0.05) is 27.5 Å². The summed E-state index contributed by atoms with van der Waals surface area (Å²) in [6.45, 7) is 0. The predicted octanol–water partition coefficient (Wildman–Crippen LogP) is 2.67. The summed E-state index contributed by atoms with van der Waals surface area (Å²) in [5, 5.41) is 0. The highest BCUT2D eigenvalue weighted by Gasteiger charge is 2.14. The van der Waals surface area contributed by atoms with Gasteiger partial charge in [0.05, 0.1) is 4.90 Å². The molecule has 4 nitrogen and oxygen atoms in total. The van der Waals surface area contributed by atoms with Crippen molar-refractivity contribution in [2.45, 2.75) is 4.90 Å². The van der Waals surface area contributed by atoms with Gasteiger partial charge in [-0.05, 0) is 42.5 Å². The number of halogens is 1. The van der Waals surface area contributed by atoms with Crippen molar-refractivity contribution in [3.05, 3.63) is 58.1 Å². The van der Waals surface area contributed by atoms with Gasteiger partial charge in [0.15, 0.2) is 15.6 Å². The molecule has 104 valence electrons. The average molecular weight is 354 g/mol. The fourth-order valence-electron chi connectivity index (χ4n) is 1.73. The van der Waals surface area contributed by atoms with Crippen LogP contribution in [0.25, 0.3) is 0 Å². The number of hydrogen-bond acceptors (Lipinski definition) is 4. The number of sulfone groups is 1. The van der Waals surface area contributed by atoms with E-state index in [4.69, 9.17) is 5.73 Å². The van der Waals surface area contributed by atoms with Crippen LogP contribution in [0, 0.1) is 0 Å². The minimum atomic E-state index is -3.27. The molecule has 0 saturated carbocycles. The molecule has 2 aromatic carbocycles. The van der Waals surface area contributed by atoms with E-state index in [0.717, 1.165) is 10.7 Å². The Hall–Kier alpha value is -1.66. The van der Waals surface area contributed by atoms with Crippen molar-refractivity contribution < 1.29 is 13.2 Å². The third kappa shape index (κ3) is 3.08. The summed E-state index contributed by atoms with van der Waals surface area (Å²) in [4.78, 5) is 12.5. The van der Waals surface area contributed by atoms with Crippen molar-refractivity contribution >= 4 is 37.2 Å². The third-order valence-electron chi connectivity index (χ3n) is 2.80. The van der Waals surface area contributed by atoms with Crippen molar-refractivity contribution in [2.24, 2.45) is 0 Å². The molecule has 0 aliphatic heterocycles. The van der Waals surface area contributed by atoms with E-state index in [2.05, 4.69) is 15.9 Å². The molecule has 0 bridgehead atoms. The molecule has 20 heavy (non-hydrogen) atoms. The Morgan fingerprint density at radius 3 is 2.25 bits per heavy atom. The van der Waals surface area contributed by atoms with Gasteiger partial charge in [-0.1, -0.05) is 15.9 Å². The van der Waals surface area contributed by atoms with E-state index in [-0.39, 0.29) is 10.7 Å². The first-order valence-electron chi connectivity index (χ1n) is 5.69. The third-order valence-corrected chi connectivity index (χ3v) is 4.43. The van der Waals surface area contributed by atoms with Crippen LogP contribution in [0.2, 0.25) is 0 Å². The number of carbonyl (C=O) groups is 1. The van der Waals surface area contributed by atoms with E-state index < -0.39 is 9.84 Å². The van der Waals surface area contributed by atoms with Gasteiger partial charge in [-0.2, -0.15) is 0 Å². The molecule has 2 aromatic rings. The Morgan fingerprint density at radius 2 is 1.70 bits per heavy atom. The van der Waals surface area contributed by atoms with Crippen LogP contribution in [0.4, 0.5) is 5.69 Å². The number of nitrogen functional groups attached to an aromatic ring is 1. The van der Waals surface area contributed by atoms with E-state index in [9.17, 15) is 13.2 Å². The van der Waals surface area contributed by atoms with Gasteiger partial charge in [0.2, 0.25) is 0 Å². The van der Waals surface area contributed by atoms with E-state index in [1.807, 2.05) is 0 Å². The lowest BCUT2D eigenvalue weighted by Gasteiger charge is -2.06. The summed E-state index contributed by atoms with van der Waals surface area (Å²) in [5.74, 6) is -0.246. The van der Waals surface area contributed by atoms with Crippen LogP contribution in [0.1, 0.15) is 15.9 Å². The minimum Gasteiger partial charge on any atom is -0.398 e. The number of hydrogen-bond donors (Lipinski definition) is 1. The molecule has 0 aromatic heterocycles. The Kier molecular flexibility index (Phi) is 3.96. The van der Waals surface area contributed by atoms with Gasteiger partial charge >= 0.3 is 0 Å². The number of carbonyl (C=O) groups excluding carboxylic acids is 1. The van der Waals surface area contributed by atoms with Crippen LogP contribution >= 0.6 is 15.9 Å². The maximum Gasteiger partial charge on any atom is 0.195 e. The van der Waals surface area contributed by atoms with Crippen LogP contribution in [0.5, 0.6) is 0 Å². The maximum atomic E-state index is 12.3. The highest BCUT2D eigenvalue weighted by atomic mass is 79.9. The smallest absolute Gasteiger partial charge is 0.195 e. The fraction of sp³-hybridized carbons (Fsp3) is 0.0714. The average Bonchev–Trinajstić information content (AvgIpc) is 2.40. The van der Waals surface area contributed by atoms with Crippen molar-refractivity contribution in [1.29, 1.82) is 0 Å². The molecule has 0 fully saturated rings. The topological polar surface area (TPSA) is 77.2 Å². The Morgan fingerprint density at radius 1 is 1.10 bits per heavy atom. The van der Waals surface area contributed by atoms with Crippen LogP contribution in [0.3, 0.4) is 0 Å². The SMILES string of the molecule is CS(=O)(=O)c1ccc(C(=O)c2cc(Br)ccc2N)cc1. The Labute approximate surface area is 125 Å². The summed E-state index contributed by atoms with van der Waals surface area (Å²) in [5.41, 5.74) is 6.94. The van der Waals surface area contributed by atoms with E-state index in [1.165, 1.54) is 24.3 Å². The molecule has 0 unspecified atom stereocenters. The molecule has 0 aliphatic carbocycles. The van der Waals surface area contributed by atoms with E-state index >= 15 is 0 Å². The molecular weight excluding hydrogens is 342 g/mol. The van der Waals surface area contributed by atoms with Crippen molar-refractivity contribution in [2.75, 3.05) is 12.0 Å². The van der Waals surface area contributed by atoms with Crippen LogP contribution in [0.15, 0.2) is 51.8 Å². The summed E-state index contributed by atoms with van der Waals surface area (Å²) < 4.78 is 23.5. The number of rotatable bonds is 3. The second-order valence-corrected chi connectivity index (χ2v) is 7.29. The van der Waals surface area contributed by atoms with Crippen molar-refractivity contribution in [1.82, 2.24) is 0 Å². The van der Waals surface area contributed by atoms with Gasteiger partial charge in [0.25, 0.3) is 0 Å². The second kappa shape index (κ2) is 5.38. The van der Waals surface area contributed by atoms with Crippen LogP contribution in [-0.2, 0) is 9.84 Å². The Bertz CT molecular complexity index is 768. The molecule has 0 spiro atoms. The van der Waals surface area contributed by atoms with Gasteiger partial charge in [-0.15, -0.1) is 0 Å². The predicted molar refractivity (Wildman–Crippen MR) is 81.5 cm³/mol. The van der Waals surface area contributed by atoms with Gasteiger partial charge in [-0.3, -0.25) is 4.79 Å². The zero-order valence-corrected chi connectivity index (χ0v) is 13.0. The standard InChI is InChI=1S/C14H12BrNO3S/c1-20(18,19)11-5-2-9(3-6-11)14(17)12-8-10(15)4-7-13(12)16/h2-8H,16H2,1H3. The quantitative estimate of drug-likeness (QED) is 0.679.